The number of esters is 1. The first-order valence-corrected chi connectivity index (χ1v) is 5.98. The van der Waals surface area contributed by atoms with E-state index in [1.54, 1.807) is 6.07 Å². The van der Waals surface area contributed by atoms with Gasteiger partial charge in [-0.25, -0.2) is 4.79 Å². The van der Waals surface area contributed by atoms with Crippen LogP contribution in [0.3, 0.4) is 0 Å². The number of hydrogen-bond acceptors (Lipinski definition) is 3. The zero-order chi connectivity index (χ0) is 13.1. The van der Waals surface area contributed by atoms with Crippen LogP contribution in [0.25, 0.3) is 11.3 Å². The van der Waals surface area contributed by atoms with Gasteiger partial charge in [-0.1, -0.05) is 28.1 Å². The van der Waals surface area contributed by atoms with Crippen molar-refractivity contribution in [1.82, 2.24) is 4.98 Å². The summed E-state index contributed by atoms with van der Waals surface area (Å²) in [6.07, 6.45) is 0. The van der Waals surface area contributed by atoms with Crippen LogP contribution >= 0.6 is 15.9 Å². The lowest BCUT2D eigenvalue weighted by molar-refractivity contribution is 0.0600. The molecule has 2 aromatic rings. The van der Waals surface area contributed by atoms with E-state index in [0.29, 0.717) is 5.69 Å². The Morgan fingerprint density at radius 3 is 2.50 bits per heavy atom. The molecule has 1 heterocycles. The number of methoxy groups -OCH3 is 1. The van der Waals surface area contributed by atoms with Gasteiger partial charge in [-0.2, -0.15) is 0 Å². The molecule has 0 aliphatic heterocycles. The quantitative estimate of drug-likeness (QED) is 0.868. The second-order valence-electron chi connectivity index (χ2n) is 3.65. The summed E-state index contributed by atoms with van der Waals surface area (Å²) in [6, 6.07) is 10.2. The average Bonchev–Trinajstić information content (AvgIpc) is 2.38. The van der Waals surface area contributed by atoms with Crippen LogP contribution in [0.5, 0.6) is 0 Å². The van der Waals surface area contributed by atoms with Crippen molar-refractivity contribution >= 4 is 21.9 Å². The van der Waals surface area contributed by atoms with Crippen LogP contribution in [0.1, 0.15) is 10.4 Å². The number of H-pyrrole nitrogens is 1. The average molecular weight is 308 g/mol. The Kier molecular flexibility index (Phi) is 3.62. The van der Waals surface area contributed by atoms with Gasteiger partial charge in [-0.3, -0.25) is 4.79 Å². The molecule has 1 N–H and O–H groups in total. The molecular weight excluding hydrogens is 298 g/mol. The van der Waals surface area contributed by atoms with Crippen molar-refractivity contribution < 1.29 is 9.53 Å². The van der Waals surface area contributed by atoms with Crippen molar-refractivity contribution in [1.29, 1.82) is 0 Å². The number of nitrogens with one attached hydrogen (secondary N) is 1. The van der Waals surface area contributed by atoms with E-state index in [1.165, 1.54) is 13.2 Å². The fourth-order valence-electron chi connectivity index (χ4n) is 1.56. The van der Waals surface area contributed by atoms with Crippen LogP contribution in [0.4, 0.5) is 0 Å². The number of aromatic amines is 1. The van der Waals surface area contributed by atoms with E-state index in [2.05, 4.69) is 25.7 Å². The molecule has 0 saturated heterocycles. The van der Waals surface area contributed by atoms with Gasteiger partial charge in [0.15, 0.2) is 0 Å². The van der Waals surface area contributed by atoms with Crippen LogP contribution in [0.2, 0.25) is 0 Å². The maximum atomic E-state index is 11.5. The fourth-order valence-corrected chi connectivity index (χ4v) is 1.83. The molecule has 92 valence electrons. The van der Waals surface area contributed by atoms with Crippen LogP contribution < -0.4 is 5.56 Å². The van der Waals surface area contributed by atoms with Gasteiger partial charge in [-0.15, -0.1) is 0 Å². The number of hydrogen-bond donors (Lipinski definition) is 1. The molecule has 1 aromatic heterocycles. The molecule has 1 aromatic carbocycles. The Hall–Kier alpha value is -1.88. The summed E-state index contributed by atoms with van der Waals surface area (Å²) in [4.78, 5) is 25.6. The van der Waals surface area contributed by atoms with E-state index in [1.807, 2.05) is 24.3 Å². The SMILES string of the molecule is COC(=O)c1cc(-c2ccc(Br)cc2)[nH]c(=O)c1. The third kappa shape index (κ3) is 2.68. The molecule has 0 amide bonds. The van der Waals surface area contributed by atoms with Crippen molar-refractivity contribution in [3.05, 3.63) is 56.8 Å². The molecule has 0 atom stereocenters. The van der Waals surface area contributed by atoms with Gasteiger partial charge in [0.1, 0.15) is 0 Å². The van der Waals surface area contributed by atoms with Gasteiger partial charge in [-0.05, 0) is 23.8 Å². The lowest BCUT2D eigenvalue weighted by Gasteiger charge is -2.04. The Morgan fingerprint density at radius 1 is 1.22 bits per heavy atom. The topological polar surface area (TPSA) is 59.2 Å². The van der Waals surface area contributed by atoms with Crippen molar-refractivity contribution in [2.75, 3.05) is 7.11 Å². The van der Waals surface area contributed by atoms with Gasteiger partial charge in [0, 0.05) is 16.2 Å². The maximum Gasteiger partial charge on any atom is 0.338 e. The van der Waals surface area contributed by atoms with Gasteiger partial charge in [0.05, 0.1) is 12.7 Å². The third-order valence-electron chi connectivity index (χ3n) is 2.42. The largest absolute Gasteiger partial charge is 0.465 e. The van der Waals surface area contributed by atoms with Gasteiger partial charge < -0.3 is 9.72 Å². The van der Waals surface area contributed by atoms with E-state index >= 15 is 0 Å². The molecule has 0 bridgehead atoms. The second kappa shape index (κ2) is 5.18. The molecule has 0 unspecified atom stereocenters. The van der Waals surface area contributed by atoms with E-state index in [4.69, 9.17) is 0 Å². The number of pyridine rings is 1. The fraction of sp³-hybridized carbons (Fsp3) is 0.0769. The summed E-state index contributed by atoms with van der Waals surface area (Å²) >= 11 is 3.34. The molecule has 0 radical (unpaired) electrons. The minimum absolute atomic E-state index is 0.235. The Bertz CT molecular complexity index is 631. The van der Waals surface area contributed by atoms with E-state index in [0.717, 1.165) is 10.0 Å². The highest BCUT2D eigenvalue weighted by Crippen LogP contribution is 2.19. The lowest BCUT2D eigenvalue weighted by atomic mass is 10.1. The Balaban J connectivity index is 2.51. The van der Waals surface area contributed by atoms with Gasteiger partial charge in [0.25, 0.3) is 0 Å². The number of ether oxygens (including phenoxy) is 1. The van der Waals surface area contributed by atoms with Crippen LogP contribution in [-0.2, 0) is 4.74 Å². The summed E-state index contributed by atoms with van der Waals surface area (Å²) in [5.74, 6) is -0.528. The minimum atomic E-state index is -0.528. The lowest BCUT2D eigenvalue weighted by Crippen LogP contribution is -2.11. The summed E-state index contributed by atoms with van der Waals surface area (Å²) in [7, 11) is 1.28. The standard InChI is InChI=1S/C13H10BrNO3/c1-18-13(17)9-6-11(15-12(16)7-9)8-2-4-10(14)5-3-8/h2-7H,1H3,(H,15,16). The number of halogens is 1. The first-order valence-electron chi connectivity index (χ1n) is 5.19. The van der Waals surface area contributed by atoms with Crippen LogP contribution in [-0.4, -0.2) is 18.1 Å². The number of rotatable bonds is 2. The number of aromatic nitrogens is 1. The molecule has 5 heteroatoms. The molecule has 0 fully saturated rings. The van der Waals surface area contributed by atoms with Crippen LogP contribution in [0, 0.1) is 0 Å². The van der Waals surface area contributed by atoms with E-state index in [9.17, 15) is 9.59 Å². The molecular formula is C13H10BrNO3. The first kappa shape index (κ1) is 12.6. The van der Waals surface area contributed by atoms with E-state index < -0.39 is 5.97 Å². The Labute approximate surface area is 112 Å². The van der Waals surface area contributed by atoms with Crippen molar-refractivity contribution in [3.8, 4) is 11.3 Å². The molecule has 0 spiro atoms. The summed E-state index contributed by atoms with van der Waals surface area (Å²) in [5.41, 5.74) is 1.30. The predicted octanol–water partition coefficient (Wildman–Crippen LogP) is 2.59. The highest BCUT2D eigenvalue weighted by molar-refractivity contribution is 9.10. The van der Waals surface area contributed by atoms with Gasteiger partial charge in [0.2, 0.25) is 5.56 Å². The highest BCUT2D eigenvalue weighted by atomic mass is 79.9. The number of carbonyl (C=O) groups is 1. The van der Waals surface area contributed by atoms with Crippen LogP contribution in [0.15, 0.2) is 45.7 Å². The second-order valence-corrected chi connectivity index (χ2v) is 4.56. The third-order valence-corrected chi connectivity index (χ3v) is 2.95. The summed E-state index contributed by atoms with van der Waals surface area (Å²) < 4.78 is 5.54. The first-order chi connectivity index (χ1) is 8.60. The van der Waals surface area contributed by atoms with Crippen molar-refractivity contribution in [3.63, 3.8) is 0 Å². The van der Waals surface area contributed by atoms with Gasteiger partial charge >= 0.3 is 5.97 Å². The number of benzene rings is 1. The molecule has 0 aliphatic rings. The smallest absolute Gasteiger partial charge is 0.338 e. The molecule has 18 heavy (non-hydrogen) atoms. The van der Waals surface area contributed by atoms with Crippen molar-refractivity contribution in [2.24, 2.45) is 0 Å². The van der Waals surface area contributed by atoms with Crippen molar-refractivity contribution in [2.45, 2.75) is 0 Å². The van der Waals surface area contributed by atoms with E-state index in [-0.39, 0.29) is 11.1 Å². The number of carbonyl (C=O) groups excluding carboxylic acids is 1. The molecule has 0 saturated carbocycles. The molecule has 2 rings (SSSR count). The maximum absolute atomic E-state index is 11.5. The zero-order valence-electron chi connectivity index (χ0n) is 9.57. The summed E-state index contributed by atoms with van der Waals surface area (Å²) in [5, 5.41) is 0. The molecule has 4 nitrogen and oxygen atoms in total. The highest BCUT2D eigenvalue weighted by Gasteiger charge is 2.09. The Morgan fingerprint density at radius 2 is 1.89 bits per heavy atom. The predicted molar refractivity (Wildman–Crippen MR) is 71.5 cm³/mol. The monoisotopic (exact) mass is 307 g/mol. The normalized spacial score (nSPS) is 10.1. The summed E-state index contributed by atoms with van der Waals surface area (Å²) in [6.45, 7) is 0. The zero-order valence-corrected chi connectivity index (χ0v) is 11.2. The molecule has 0 aliphatic carbocycles. The minimum Gasteiger partial charge on any atom is -0.465 e.